The minimum atomic E-state index is -0.972. The summed E-state index contributed by atoms with van der Waals surface area (Å²) in [6.45, 7) is 1.42. The number of rotatable bonds is 5. The third-order valence-corrected chi connectivity index (χ3v) is 5.61. The molecule has 6 amide bonds. The van der Waals surface area contributed by atoms with E-state index in [9.17, 15) is 24.0 Å². The topological polar surface area (TPSA) is 107 Å². The van der Waals surface area contributed by atoms with E-state index in [2.05, 4.69) is 5.32 Å². The highest BCUT2D eigenvalue weighted by atomic mass is 16.2. The summed E-state index contributed by atoms with van der Waals surface area (Å²) in [7, 11) is 3.28. The van der Waals surface area contributed by atoms with Gasteiger partial charge in [0.15, 0.2) is 0 Å². The van der Waals surface area contributed by atoms with Crippen LogP contribution in [0.3, 0.4) is 0 Å². The van der Waals surface area contributed by atoms with Crippen molar-refractivity contribution >= 4 is 35.3 Å². The molecule has 1 aromatic rings. The van der Waals surface area contributed by atoms with Crippen LogP contribution >= 0.6 is 0 Å². The first-order valence-corrected chi connectivity index (χ1v) is 10.0. The van der Waals surface area contributed by atoms with E-state index in [0.717, 1.165) is 24.2 Å². The monoisotopic (exact) mass is 414 g/mol. The molecule has 2 fully saturated rings. The summed E-state index contributed by atoms with van der Waals surface area (Å²) >= 11 is 0. The van der Waals surface area contributed by atoms with Gasteiger partial charge in [-0.1, -0.05) is 19.8 Å². The number of anilines is 1. The van der Waals surface area contributed by atoms with Gasteiger partial charge in [-0.25, -0.2) is 9.69 Å². The Morgan fingerprint density at radius 1 is 1.03 bits per heavy atom. The molecule has 1 aromatic carbocycles. The third kappa shape index (κ3) is 4.19. The number of amides is 6. The molecule has 1 N–H and O–H groups in total. The van der Waals surface area contributed by atoms with E-state index in [1.807, 2.05) is 6.92 Å². The number of urea groups is 1. The van der Waals surface area contributed by atoms with Gasteiger partial charge in [0.2, 0.25) is 5.91 Å². The molecule has 0 bridgehead atoms. The van der Waals surface area contributed by atoms with Crippen LogP contribution in [0, 0.1) is 5.92 Å². The van der Waals surface area contributed by atoms with E-state index in [1.165, 1.54) is 4.90 Å². The van der Waals surface area contributed by atoms with Crippen LogP contribution in [-0.2, 0) is 14.4 Å². The lowest BCUT2D eigenvalue weighted by atomic mass is 9.85. The normalized spacial score (nSPS) is 21.8. The van der Waals surface area contributed by atoms with E-state index in [-0.39, 0.29) is 17.9 Å². The molecule has 160 valence electrons. The van der Waals surface area contributed by atoms with Crippen LogP contribution in [0.25, 0.3) is 0 Å². The highest BCUT2D eigenvalue weighted by Gasteiger charge is 2.49. The maximum absolute atomic E-state index is 12.7. The van der Waals surface area contributed by atoms with Gasteiger partial charge in [-0.05, 0) is 43.0 Å². The predicted octanol–water partition coefficient (Wildman–Crippen LogP) is 1.70. The number of hydrogen-bond donors (Lipinski definition) is 1. The maximum atomic E-state index is 12.7. The molecule has 2 atom stereocenters. The third-order valence-electron chi connectivity index (χ3n) is 5.61. The van der Waals surface area contributed by atoms with Gasteiger partial charge in [0.05, 0.1) is 0 Å². The fourth-order valence-electron chi connectivity index (χ4n) is 3.93. The molecular weight excluding hydrogens is 388 g/mol. The number of benzene rings is 1. The van der Waals surface area contributed by atoms with Gasteiger partial charge < -0.3 is 10.2 Å². The Kier molecular flexibility index (Phi) is 6.19. The Labute approximate surface area is 175 Å². The van der Waals surface area contributed by atoms with Crippen molar-refractivity contribution in [1.82, 2.24) is 14.7 Å². The highest BCUT2D eigenvalue weighted by Crippen LogP contribution is 2.31. The Balaban J connectivity index is 1.65. The van der Waals surface area contributed by atoms with Crippen molar-refractivity contribution in [3.05, 3.63) is 29.8 Å². The number of carbonyl (C=O) groups is 5. The van der Waals surface area contributed by atoms with Gasteiger partial charge in [-0.2, -0.15) is 0 Å². The molecule has 0 radical (unpaired) electrons. The molecule has 1 saturated carbocycles. The molecule has 1 heterocycles. The molecule has 0 unspecified atom stereocenters. The van der Waals surface area contributed by atoms with Gasteiger partial charge in [-0.15, -0.1) is 0 Å². The number of hydrogen-bond acceptors (Lipinski definition) is 5. The molecule has 1 aliphatic carbocycles. The summed E-state index contributed by atoms with van der Waals surface area (Å²) in [4.78, 5) is 64.9. The Hall–Kier alpha value is -3.23. The quantitative estimate of drug-likeness (QED) is 0.583. The van der Waals surface area contributed by atoms with E-state index < -0.39 is 30.3 Å². The Bertz CT molecular complexity index is 880. The average molecular weight is 414 g/mol. The van der Waals surface area contributed by atoms with Crippen molar-refractivity contribution in [2.45, 2.75) is 38.6 Å². The lowest BCUT2D eigenvalue weighted by Crippen LogP contribution is -2.46. The summed E-state index contributed by atoms with van der Waals surface area (Å²) in [5.74, 6) is -2.49. The van der Waals surface area contributed by atoms with Crippen LogP contribution in [-0.4, -0.2) is 71.0 Å². The molecule has 2 aliphatic rings. The van der Waals surface area contributed by atoms with Gasteiger partial charge in [0.25, 0.3) is 5.91 Å². The average Bonchev–Trinajstić information content (AvgIpc) is 2.92. The van der Waals surface area contributed by atoms with Crippen LogP contribution in [0.1, 0.15) is 43.0 Å². The van der Waals surface area contributed by atoms with Crippen LogP contribution < -0.4 is 5.32 Å². The van der Waals surface area contributed by atoms with Gasteiger partial charge in [-0.3, -0.25) is 24.1 Å². The van der Waals surface area contributed by atoms with Crippen LogP contribution in [0.2, 0.25) is 0 Å². The minimum absolute atomic E-state index is 0.122. The lowest BCUT2D eigenvalue weighted by Gasteiger charge is -2.34. The van der Waals surface area contributed by atoms with Crippen molar-refractivity contribution in [1.29, 1.82) is 0 Å². The number of nitrogens with one attached hydrogen (secondary N) is 1. The first kappa shape index (κ1) is 21.5. The fourth-order valence-corrected chi connectivity index (χ4v) is 3.93. The largest absolute Gasteiger partial charge is 0.345 e. The second kappa shape index (κ2) is 8.64. The Morgan fingerprint density at radius 3 is 2.27 bits per heavy atom. The molecule has 9 nitrogen and oxygen atoms in total. The molecule has 0 spiro atoms. The summed E-state index contributed by atoms with van der Waals surface area (Å²) in [6.07, 6.45) is 3.49. The molecule has 1 saturated heterocycles. The summed E-state index contributed by atoms with van der Waals surface area (Å²) in [6, 6.07) is 5.22. The summed E-state index contributed by atoms with van der Waals surface area (Å²) < 4.78 is 0. The molecule has 0 aromatic heterocycles. The van der Waals surface area contributed by atoms with Gasteiger partial charge >= 0.3 is 17.8 Å². The highest BCUT2D eigenvalue weighted by molar-refractivity contribution is 6.45. The predicted molar refractivity (Wildman–Crippen MR) is 108 cm³/mol. The zero-order valence-electron chi connectivity index (χ0n) is 17.4. The van der Waals surface area contributed by atoms with E-state index >= 15 is 0 Å². The molecular formula is C21H26N4O5. The minimum Gasteiger partial charge on any atom is -0.345 e. The maximum Gasteiger partial charge on any atom is 0.334 e. The van der Waals surface area contributed by atoms with Crippen molar-refractivity contribution in [2.75, 3.05) is 26.0 Å². The summed E-state index contributed by atoms with van der Waals surface area (Å²) in [5, 5.41) is 2.58. The number of nitrogens with zero attached hydrogens (tertiary/aromatic N) is 3. The zero-order chi connectivity index (χ0) is 22.0. The molecule has 1 aliphatic heterocycles. The number of carbonyl (C=O) groups excluding carboxylic acids is 5. The number of imide groups is 2. The van der Waals surface area contributed by atoms with Crippen molar-refractivity contribution < 1.29 is 24.0 Å². The van der Waals surface area contributed by atoms with Crippen LogP contribution in [0.5, 0.6) is 0 Å². The lowest BCUT2D eigenvalue weighted by molar-refractivity contribution is -0.145. The van der Waals surface area contributed by atoms with Crippen molar-refractivity contribution in [3.8, 4) is 0 Å². The second-order valence-electron chi connectivity index (χ2n) is 8.00. The standard InChI is InChI=1S/C21H26N4O5/c1-13-6-4-5-7-16(13)25-20(29)19(28)24(21(25)30)12-17(26)22-15-10-8-14(9-11-15)18(27)23(2)3/h8-11,13,16H,4-7,12H2,1-3H3,(H,22,26)/t13-,16+/m0/s1. The summed E-state index contributed by atoms with van der Waals surface area (Å²) in [5.41, 5.74) is 0.879. The molecule has 30 heavy (non-hydrogen) atoms. The first-order valence-electron chi connectivity index (χ1n) is 10.0. The zero-order valence-corrected chi connectivity index (χ0v) is 17.4. The van der Waals surface area contributed by atoms with Gasteiger partial charge in [0, 0.05) is 31.4 Å². The Morgan fingerprint density at radius 2 is 1.67 bits per heavy atom. The van der Waals surface area contributed by atoms with E-state index in [0.29, 0.717) is 22.6 Å². The molecule has 3 rings (SSSR count). The molecule has 9 heteroatoms. The SMILES string of the molecule is C[C@H]1CCCC[C@H]1N1C(=O)C(=O)N(CC(=O)Nc2ccc(C(=O)N(C)C)cc2)C1=O. The van der Waals surface area contributed by atoms with E-state index in [1.54, 1.807) is 38.4 Å². The first-order chi connectivity index (χ1) is 14.2. The van der Waals surface area contributed by atoms with Gasteiger partial charge in [0.1, 0.15) is 6.54 Å². The van der Waals surface area contributed by atoms with Crippen molar-refractivity contribution in [3.63, 3.8) is 0 Å². The van der Waals surface area contributed by atoms with Crippen LogP contribution in [0.15, 0.2) is 24.3 Å². The second-order valence-corrected chi connectivity index (χ2v) is 8.00. The van der Waals surface area contributed by atoms with Crippen LogP contribution in [0.4, 0.5) is 10.5 Å². The fraction of sp³-hybridized carbons (Fsp3) is 0.476. The smallest absolute Gasteiger partial charge is 0.334 e. The van der Waals surface area contributed by atoms with Crippen molar-refractivity contribution in [2.24, 2.45) is 5.92 Å². The van der Waals surface area contributed by atoms with E-state index in [4.69, 9.17) is 0 Å².